The van der Waals surface area contributed by atoms with E-state index in [4.69, 9.17) is 4.74 Å². The molecule has 38 heavy (non-hydrogen) atoms. The van der Waals surface area contributed by atoms with Crippen LogP contribution in [0.25, 0.3) is 0 Å². The normalized spacial score (nSPS) is 15.4. The maximum absolute atomic E-state index is 15.3. The Hall–Kier alpha value is -3.55. The second-order valence-electron chi connectivity index (χ2n) is 9.51. The molecule has 0 saturated carbocycles. The fourth-order valence-electron chi connectivity index (χ4n) is 4.36. The largest absolute Gasteiger partial charge is 0.502 e. The number of ether oxygens (including phenoxy) is 1. The predicted molar refractivity (Wildman–Crippen MR) is 142 cm³/mol. The molecular formula is C29H33FN4O4. The average Bonchev–Trinajstić information content (AvgIpc) is 2.91. The number of aliphatic hydroxyl groups excluding tert-OH is 1. The minimum absolute atomic E-state index is 0.140. The number of nitrogens with one attached hydrogen (secondary N) is 2. The highest BCUT2D eigenvalue weighted by Gasteiger charge is 2.20. The van der Waals surface area contributed by atoms with Gasteiger partial charge in [0, 0.05) is 56.2 Å². The molecule has 8 nitrogen and oxygen atoms in total. The molecule has 3 aromatic rings. The van der Waals surface area contributed by atoms with Crippen LogP contribution in [0, 0.1) is 17.7 Å². The van der Waals surface area contributed by atoms with Crippen molar-refractivity contribution in [1.29, 1.82) is 0 Å². The zero-order valence-corrected chi connectivity index (χ0v) is 21.4. The smallest absolute Gasteiger partial charge is 0.293 e. The Bertz CT molecular complexity index is 1320. The Morgan fingerprint density at radius 3 is 2.55 bits per heavy atom. The van der Waals surface area contributed by atoms with E-state index in [0.717, 1.165) is 38.4 Å². The van der Waals surface area contributed by atoms with Crippen LogP contribution in [-0.2, 0) is 17.7 Å². The monoisotopic (exact) mass is 520 g/mol. The topological polar surface area (TPSA) is 111 Å². The van der Waals surface area contributed by atoms with E-state index in [1.54, 1.807) is 19.1 Å². The fraction of sp³-hybridized carbons (Fsp3) is 0.379. The molecule has 0 radical (unpaired) electrons. The third-order valence-corrected chi connectivity index (χ3v) is 6.43. The van der Waals surface area contributed by atoms with Gasteiger partial charge in [0.25, 0.3) is 5.56 Å². The van der Waals surface area contributed by atoms with Gasteiger partial charge >= 0.3 is 0 Å². The molecule has 0 spiro atoms. The summed E-state index contributed by atoms with van der Waals surface area (Å²) >= 11 is 0. The van der Waals surface area contributed by atoms with Gasteiger partial charge in [-0.3, -0.25) is 9.69 Å². The van der Waals surface area contributed by atoms with E-state index in [2.05, 4.69) is 44.2 Å². The maximum atomic E-state index is 15.3. The molecule has 1 aliphatic rings. The Balaban J connectivity index is 1.47. The number of hydrogen-bond acceptors (Lipinski definition) is 7. The van der Waals surface area contributed by atoms with Crippen LogP contribution in [0.15, 0.2) is 53.6 Å². The van der Waals surface area contributed by atoms with Crippen molar-refractivity contribution in [1.82, 2.24) is 20.2 Å². The summed E-state index contributed by atoms with van der Waals surface area (Å²) in [5.41, 5.74) is 2.53. The van der Waals surface area contributed by atoms with Gasteiger partial charge in [0.2, 0.25) is 5.75 Å². The van der Waals surface area contributed by atoms with Crippen molar-refractivity contribution in [2.75, 3.05) is 39.4 Å². The Kier molecular flexibility index (Phi) is 9.62. The minimum atomic E-state index is -0.647. The first-order valence-electron chi connectivity index (χ1n) is 12.7. The summed E-state index contributed by atoms with van der Waals surface area (Å²) in [5, 5.41) is 22.8. The lowest BCUT2D eigenvalue weighted by molar-refractivity contribution is 0.0342. The first kappa shape index (κ1) is 27.5. The van der Waals surface area contributed by atoms with E-state index < -0.39 is 29.1 Å². The second-order valence-corrected chi connectivity index (χ2v) is 9.51. The maximum Gasteiger partial charge on any atom is 0.293 e. The molecule has 4 rings (SSSR count). The summed E-state index contributed by atoms with van der Waals surface area (Å²) in [5.74, 6) is 4.77. The van der Waals surface area contributed by atoms with Crippen molar-refractivity contribution in [3.05, 3.63) is 92.9 Å². The summed E-state index contributed by atoms with van der Waals surface area (Å²) in [6, 6.07) is 12.9. The van der Waals surface area contributed by atoms with Crippen LogP contribution in [0.1, 0.15) is 40.8 Å². The number of benzene rings is 2. The molecule has 1 saturated heterocycles. The first-order chi connectivity index (χ1) is 18.4. The number of aromatic amines is 1. The van der Waals surface area contributed by atoms with Crippen molar-refractivity contribution >= 4 is 0 Å². The molecule has 9 heteroatoms. The molecule has 200 valence electrons. The summed E-state index contributed by atoms with van der Waals surface area (Å²) in [6.45, 7) is 6.56. The number of aliphatic hydroxyl groups is 1. The van der Waals surface area contributed by atoms with E-state index in [1.807, 2.05) is 12.1 Å². The van der Waals surface area contributed by atoms with Crippen LogP contribution in [0.5, 0.6) is 5.75 Å². The van der Waals surface area contributed by atoms with Gasteiger partial charge < -0.3 is 25.3 Å². The van der Waals surface area contributed by atoms with Gasteiger partial charge in [-0.25, -0.2) is 9.37 Å². The molecular weight excluding hydrogens is 487 g/mol. The third kappa shape index (κ3) is 7.73. The molecule has 2 unspecified atom stereocenters. The van der Waals surface area contributed by atoms with E-state index >= 15 is 4.39 Å². The lowest BCUT2D eigenvalue weighted by Crippen LogP contribution is -2.35. The molecule has 1 fully saturated rings. The van der Waals surface area contributed by atoms with E-state index in [0.29, 0.717) is 24.2 Å². The van der Waals surface area contributed by atoms with Gasteiger partial charge in [-0.05, 0) is 42.3 Å². The lowest BCUT2D eigenvalue weighted by atomic mass is 9.92. The quantitative estimate of drug-likeness (QED) is 0.320. The molecule has 2 atom stereocenters. The van der Waals surface area contributed by atoms with Gasteiger partial charge in [-0.1, -0.05) is 30.0 Å². The Morgan fingerprint density at radius 2 is 1.84 bits per heavy atom. The molecule has 0 aliphatic carbocycles. The number of aromatic hydroxyl groups is 1. The molecule has 2 heterocycles. The van der Waals surface area contributed by atoms with Crippen molar-refractivity contribution in [3.63, 3.8) is 0 Å². The number of nitrogens with zero attached hydrogens (tertiary/aromatic N) is 2. The molecule has 0 bridgehead atoms. The minimum Gasteiger partial charge on any atom is -0.502 e. The van der Waals surface area contributed by atoms with Crippen LogP contribution in [0.3, 0.4) is 0 Å². The summed E-state index contributed by atoms with van der Waals surface area (Å²) < 4.78 is 20.7. The Labute approximate surface area is 221 Å². The zero-order valence-electron chi connectivity index (χ0n) is 21.4. The SMILES string of the molecule is CC(O)CNCC(Cc1nc[nH]c(=O)c1O)c1ccc(C#Cc2ccc(CN3CCOCC3)cc2)cc1F. The van der Waals surface area contributed by atoms with Gasteiger partial charge in [0.05, 0.1) is 31.3 Å². The van der Waals surface area contributed by atoms with Crippen LogP contribution in [0.2, 0.25) is 0 Å². The average molecular weight is 521 g/mol. The van der Waals surface area contributed by atoms with E-state index in [-0.39, 0.29) is 12.1 Å². The fourth-order valence-corrected chi connectivity index (χ4v) is 4.36. The van der Waals surface area contributed by atoms with E-state index in [1.165, 1.54) is 18.0 Å². The molecule has 1 aliphatic heterocycles. The number of aromatic nitrogens is 2. The zero-order chi connectivity index (χ0) is 26.9. The predicted octanol–water partition coefficient (Wildman–Crippen LogP) is 2.14. The molecule has 2 aromatic carbocycles. The molecule has 0 amide bonds. The van der Waals surface area contributed by atoms with Crippen molar-refractivity contribution in [2.24, 2.45) is 0 Å². The first-order valence-corrected chi connectivity index (χ1v) is 12.7. The van der Waals surface area contributed by atoms with Gasteiger partial charge in [0.1, 0.15) is 5.82 Å². The van der Waals surface area contributed by atoms with Crippen molar-refractivity contribution < 1.29 is 19.3 Å². The highest BCUT2D eigenvalue weighted by molar-refractivity contribution is 5.45. The molecule has 4 N–H and O–H groups in total. The number of rotatable bonds is 9. The summed E-state index contributed by atoms with van der Waals surface area (Å²) in [7, 11) is 0. The van der Waals surface area contributed by atoms with Crippen LogP contribution >= 0.6 is 0 Å². The highest BCUT2D eigenvalue weighted by Crippen LogP contribution is 2.25. The van der Waals surface area contributed by atoms with Crippen LogP contribution < -0.4 is 10.9 Å². The lowest BCUT2D eigenvalue weighted by Gasteiger charge is -2.26. The summed E-state index contributed by atoms with van der Waals surface area (Å²) in [4.78, 5) is 20.5. The molecule has 1 aromatic heterocycles. The highest BCUT2D eigenvalue weighted by atomic mass is 19.1. The third-order valence-electron chi connectivity index (χ3n) is 6.43. The van der Waals surface area contributed by atoms with Crippen molar-refractivity contribution in [3.8, 4) is 17.6 Å². The summed E-state index contributed by atoms with van der Waals surface area (Å²) in [6.07, 6.45) is 0.779. The standard InChI is InChI=1S/C29H33FN4O4/c1-20(35)16-31-17-24(15-27-28(36)29(37)33-19-32-27)25-9-8-22(14-26(25)30)5-2-21-3-6-23(7-4-21)18-34-10-12-38-13-11-34/h3-4,6-9,14,19-20,24,31,35-36H,10-13,15-18H2,1H3,(H,32,33,37). The number of halogens is 1. The van der Waals surface area contributed by atoms with Gasteiger partial charge in [-0.2, -0.15) is 0 Å². The van der Waals surface area contributed by atoms with Crippen LogP contribution in [0.4, 0.5) is 4.39 Å². The van der Waals surface area contributed by atoms with Gasteiger partial charge in [-0.15, -0.1) is 0 Å². The second kappa shape index (κ2) is 13.3. The van der Waals surface area contributed by atoms with Gasteiger partial charge in [0.15, 0.2) is 0 Å². The number of morpholine rings is 1. The number of H-pyrrole nitrogens is 1. The Morgan fingerprint density at radius 1 is 1.13 bits per heavy atom. The van der Waals surface area contributed by atoms with Crippen LogP contribution in [-0.4, -0.2) is 70.6 Å². The number of hydrogen-bond donors (Lipinski definition) is 4. The van der Waals surface area contributed by atoms with Crippen molar-refractivity contribution in [2.45, 2.75) is 31.9 Å². The van der Waals surface area contributed by atoms with E-state index in [9.17, 15) is 15.0 Å².